The van der Waals surface area contributed by atoms with Crippen molar-refractivity contribution in [2.75, 3.05) is 38.2 Å². The van der Waals surface area contributed by atoms with Crippen LogP contribution in [0.2, 0.25) is 0 Å². The minimum absolute atomic E-state index is 0.0543. The molecule has 5 rings (SSSR count). The topological polar surface area (TPSA) is 45.7 Å². The third kappa shape index (κ3) is 4.42. The highest BCUT2D eigenvalue weighted by Crippen LogP contribution is 2.33. The molecular weight excluding hydrogens is 510 g/mol. The molecule has 0 atom stereocenters. The van der Waals surface area contributed by atoms with Crippen LogP contribution >= 0.6 is 27.3 Å². The van der Waals surface area contributed by atoms with Crippen molar-refractivity contribution in [1.29, 1.82) is 0 Å². The zero-order valence-corrected chi connectivity index (χ0v) is 21.7. The highest BCUT2D eigenvalue weighted by atomic mass is 79.9. The van der Waals surface area contributed by atoms with Gasteiger partial charge in [-0.25, -0.2) is 4.98 Å². The molecule has 4 aromatic rings. The number of aryl methyl sites for hydroxylation is 1. The van der Waals surface area contributed by atoms with Gasteiger partial charge in [-0.2, -0.15) is 0 Å². The molecule has 1 fully saturated rings. The maximum absolute atomic E-state index is 13.8. The maximum atomic E-state index is 13.8. The molecule has 0 N–H and O–H groups in total. The fourth-order valence-corrected chi connectivity index (χ4v) is 5.69. The molecule has 1 aliphatic rings. The van der Waals surface area contributed by atoms with Gasteiger partial charge in [0, 0.05) is 40.9 Å². The van der Waals surface area contributed by atoms with E-state index in [2.05, 4.69) is 46.0 Å². The molecule has 0 unspecified atom stereocenters. The third-order valence-corrected chi connectivity index (χ3v) is 8.00. The number of anilines is 1. The molecule has 34 heavy (non-hydrogen) atoms. The Balaban J connectivity index is 1.45. The van der Waals surface area contributed by atoms with Crippen LogP contribution in [0.25, 0.3) is 21.5 Å². The maximum Gasteiger partial charge on any atom is 0.254 e. The first kappa shape index (κ1) is 22.9. The van der Waals surface area contributed by atoms with Gasteiger partial charge < -0.3 is 14.5 Å². The van der Waals surface area contributed by atoms with E-state index in [-0.39, 0.29) is 5.91 Å². The standard InChI is InChI=1S/C27H26BrN3O2S/c1-3-19-9-11-26(34-19)23-17-21(20-16-18(28)8-10-22(20)29-23)27(32)31-14-12-30(13-15-31)24-6-4-5-7-25(24)33-2/h4-11,16-17H,3,12-15H2,1-2H3. The molecule has 0 saturated carbocycles. The number of piperazine rings is 1. The Bertz CT molecular complexity index is 1340. The summed E-state index contributed by atoms with van der Waals surface area (Å²) in [7, 11) is 1.69. The van der Waals surface area contributed by atoms with Crippen molar-refractivity contribution in [2.24, 2.45) is 0 Å². The lowest BCUT2D eigenvalue weighted by Gasteiger charge is -2.36. The normalized spacial score (nSPS) is 14.0. The van der Waals surface area contributed by atoms with E-state index in [1.165, 1.54) is 4.88 Å². The average molecular weight is 536 g/mol. The van der Waals surface area contributed by atoms with Crippen molar-refractivity contribution in [3.8, 4) is 16.3 Å². The number of amides is 1. The second kappa shape index (κ2) is 9.76. The largest absolute Gasteiger partial charge is 0.495 e. The molecular formula is C27H26BrN3O2S. The van der Waals surface area contributed by atoms with E-state index < -0.39 is 0 Å². The van der Waals surface area contributed by atoms with E-state index >= 15 is 0 Å². The minimum atomic E-state index is 0.0543. The van der Waals surface area contributed by atoms with Gasteiger partial charge in [0.05, 0.1) is 34.4 Å². The van der Waals surface area contributed by atoms with Crippen molar-refractivity contribution in [3.63, 3.8) is 0 Å². The van der Waals surface area contributed by atoms with Gasteiger partial charge in [0.1, 0.15) is 5.75 Å². The summed E-state index contributed by atoms with van der Waals surface area (Å²) in [4.78, 5) is 25.3. The molecule has 0 spiro atoms. The monoisotopic (exact) mass is 535 g/mol. The SMILES string of the molecule is CCc1ccc(-c2cc(C(=O)N3CCN(c4ccccc4OC)CC3)c3cc(Br)ccc3n2)s1. The van der Waals surface area contributed by atoms with Crippen molar-refractivity contribution < 1.29 is 9.53 Å². The van der Waals surface area contributed by atoms with Gasteiger partial charge in [-0.15, -0.1) is 11.3 Å². The molecule has 0 bridgehead atoms. The lowest BCUT2D eigenvalue weighted by molar-refractivity contribution is 0.0748. The van der Waals surface area contributed by atoms with Crippen LogP contribution in [-0.4, -0.2) is 49.1 Å². The number of benzene rings is 2. The molecule has 1 aliphatic heterocycles. The Labute approximate surface area is 212 Å². The lowest BCUT2D eigenvalue weighted by Crippen LogP contribution is -2.49. The summed E-state index contributed by atoms with van der Waals surface area (Å²) >= 11 is 5.31. The van der Waals surface area contributed by atoms with Gasteiger partial charge in [-0.1, -0.05) is 35.0 Å². The average Bonchev–Trinajstić information content (AvgIpc) is 3.37. The van der Waals surface area contributed by atoms with E-state index in [4.69, 9.17) is 9.72 Å². The summed E-state index contributed by atoms with van der Waals surface area (Å²) in [6, 6.07) is 20.2. The van der Waals surface area contributed by atoms with E-state index in [1.807, 2.05) is 47.4 Å². The predicted molar refractivity (Wildman–Crippen MR) is 143 cm³/mol. The van der Waals surface area contributed by atoms with Gasteiger partial charge in [0.15, 0.2) is 0 Å². The number of carbonyl (C=O) groups excluding carboxylic acids is 1. The molecule has 0 radical (unpaired) electrons. The number of carbonyl (C=O) groups is 1. The Hall–Kier alpha value is -2.90. The molecule has 3 heterocycles. The molecule has 174 valence electrons. The first-order valence-corrected chi connectivity index (χ1v) is 13.0. The molecule has 1 amide bonds. The fraction of sp³-hybridized carbons (Fsp3) is 0.259. The summed E-state index contributed by atoms with van der Waals surface area (Å²) in [5, 5.41) is 0.877. The number of thiophene rings is 1. The smallest absolute Gasteiger partial charge is 0.254 e. The quantitative estimate of drug-likeness (QED) is 0.302. The number of hydrogen-bond acceptors (Lipinski definition) is 5. The number of rotatable bonds is 5. The van der Waals surface area contributed by atoms with Crippen molar-refractivity contribution in [3.05, 3.63) is 75.6 Å². The van der Waals surface area contributed by atoms with E-state index in [0.29, 0.717) is 18.7 Å². The summed E-state index contributed by atoms with van der Waals surface area (Å²) in [5.41, 5.74) is 3.47. The van der Waals surface area contributed by atoms with Crippen molar-refractivity contribution in [2.45, 2.75) is 13.3 Å². The van der Waals surface area contributed by atoms with Gasteiger partial charge in [0.2, 0.25) is 0 Å². The van der Waals surface area contributed by atoms with Gasteiger partial charge in [-0.3, -0.25) is 4.79 Å². The molecule has 5 nitrogen and oxygen atoms in total. The van der Waals surface area contributed by atoms with Crippen LogP contribution in [0.15, 0.2) is 65.1 Å². The number of hydrogen-bond donors (Lipinski definition) is 0. The first-order chi connectivity index (χ1) is 16.6. The lowest BCUT2D eigenvalue weighted by atomic mass is 10.0. The second-order valence-corrected chi connectivity index (χ2v) is 10.4. The Kier molecular flexibility index (Phi) is 6.57. The Morgan fingerprint density at radius 1 is 1.06 bits per heavy atom. The zero-order chi connectivity index (χ0) is 23.7. The number of ether oxygens (including phenoxy) is 1. The Morgan fingerprint density at radius 3 is 2.59 bits per heavy atom. The van der Waals surface area contributed by atoms with Crippen LogP contribution < -0.4 is 9.64 Å². The second-order valence-electron chi connectivity index (χ2n) is 8.29. The van der Waals surface area contributed by atoms with Crippen LogP contribution in [0.4, 0.5) is 5.69 Å². The van der Waals surface area contributed by atoms with Gasteiger partial charge in [0.25, 0.3) is 5.91 Å². The van der Waals surface area contributed by atoms with E-state index in [9.17, 15) is 4.79 Å². The summed E-state index contributed by atoms with van der Waals surface area (Å²) in [6.45, 7) is 4.99. The Morgan fingerprint density at radius 2 is 1.85 bits per heavy atom. The van der Waals surface area contributed by atoms with Crippen molar-refractivity contribution in [1.82, 2.24) is 9.88 Å². The highest BCUT2D eigenvalue weighted by Gasteiger charge is 2.26. The fourth-order valence-electron chi connectivity index (χ4n) is 4.42. The number of methoxy groups -OCH3 is 1. The van der Waals surface area contributed by atoms with Crippen LogP contribution in [0, 0.1) is 0 Å². The zero-order valence-electron chi connectivity index (χ0n) is 19.3. The predicted octanol–water partition coefficient (Wildman–Crippen LogP) is 6.26. The number of fused-ring (bicyclic) bond motifs is 1. The summed E-state index contributed by atoms with van der Waals surface area (Å²) in [6.07, 6.45) is 0.994. The number of halogens is 1. The van der Waals surface area contributed by atoms with Crippen LogP contribution in [0.5, 0.6) is 5.75 Å². The van der Waals surface area contributed by atoms with Gasteiger partial charge in [-0.05, 0) is 55.0 Å². The first-order valence-electron chi connectivity index (χ1n) is 11.4. The number of para-hydroxylation sites is 2. The summed E-state index contributed by atoms with van der Waals surface area (Å²) in [5.74, 6) is 0.915. The summed E-state index contributed by atoms with van der Waals surface area (Å²) < 4.78 is 6.47. The molecule has 1 saturated heterocycles. The van der Waals surface area contributed by atoms with E-state index in [1.54, 1.807) is 18.4 Å². The number of nitrogens with zero attached hydrogens (tertiary/aromatic N) is 3. The van der Waals surface area contributed by atoms with Crippen molar-refractivity contribution >= 4 is 49.8 Å². The van der Waals surface area contributed by atoms with E-state index in [0.717, 1.165) is 56.9 Å². The molecule has 2 aromatic carbocycles. The van der Waals surface area contributed by atoms with Crippen LogP contribution in [-0.2, 0) is 6.42 Å². The highest BCUT2D eigenvalue weighted by molar-refractivity contribution is 9.10. The van der Waals surface area contributed by atoms with Gasteiger partial charge >= 0.3 is 0 Å². The minimum Gasteiger partial charge on any atom is -0.495 e. The molecule has 2 aromatic heterocycles. The number of pyridine rings is 1. The molecule has 0 aliphatic carbocycles. The number of aromatic nitrogens is 1. The molecule has 7 heteroatoms. The van der Waals surface area contributed by atoms with Crippen LogP contribution in [0.3, 0.4) is 0 Å². The third-order valence-electron chi connectivity index (χ3n) is 6.26. The van der Waals surface area contributed by atoms with Crippen LogP contribution in [0.1, 0.15) is 22.2 Å².